The van der Waals surface area contributed by atoms with Crippen LogP contribution < -0.4 is 10.1 Å². The third kappa shape index (κ3) is 3.43. The highest BCUT2D eigenvalue weighted by Gasteiger charge is 2.27. The van der Waals surface area contributed by atoms with Gasteiger partial charge in [-0.25, -0.2) is 0 Å². The molecule has 1 heterocycles. The van der Waals surface area contributed by atoms with Crippen LogP contribution in [0.15, 0.2) is 40.2 Å². The van der Waals surface area contributed by atoms with Crippen molar-refractivity contribution in [1.82, 2.24) is 0 Å². The van der Waals surface area contributed by atoms with Crippen molar-refractivity contribution >= 4 is 33.0 Å². The lowest BCUT2D eigenvalue weighted by molar-refractivity contribution is 0.412. The van der Waals surface area contributed by atoms with Gasteiger partial charge in [-0.3, -0.25) is 0 Å². The highest BCUT2D eigenvalue weighted by Crippen LogP contribution is 2.40. The molecule has 0 saturated heterocycles. The van der Waals surface area contributed by atoms with Crippen molar-refractivity contribution in [2.75, 3.05) is 12.4 Å². The Balaban J connectivity index is 1.82. The van der Waals surface area contributed by atoms with Crippen molar-refractivity contribution in [3.63, 3.8) is 0 Å². The number of thiophene rings is 1. The summed E-state index contributed by atoms with van der Waals surface area (Å²) in [4.78, 5) is 1.44. The van der Waals surface area contributed by atoms with Crippen LogP contribution in [0.25, 0.3) is 0 Å². The minimum absolute atomic E-state index is 0.424. The van der Waals surface area contributed by atoms with Crippen molar-refractivity contribution in [1.29, 1.82) is 0 Å². The summed E-state index contributed by atoms with van der Waals surface area (Å²) in [5, 5.41) is 5.91. The molecule has 1 fully saturated rings. The molecule has 0 aliphatic heterocycles. The van der Waals surface area contributed by atoms with Crippen molar-refractivity contribution in [2.24, 2.45) is 5.92 Å². The Hall–Kier alpha value is -1.00. The topological polar surface area (TPSA) is 21.3 Å². The number of rotatable bonds is 5. The van der Waals surface area contributed by atoms with Gasteiger partial charge in [0, 0.05) is 10.6 Å². The van der Waals surface area contributed by atoms with Gasteiger partial charge in [0.05, 0.1) is 17.6 Å². The Labute approximate surface area is 138 Å². The molecule has 112 valence electrons. The first-order valence-corrected chi connectivity index (χ1v) is 9.08. The van der Waals surface area contributed by atoms with E-state index in [0.717, 1.165) is 21.8 Å². The molecule has 21 heavy (non-hydrogen) atoms. The second-order valence-corrected chi connectivity index (χ2v) is 7.36. The van der Waals surface area contributed by atoms with E-state index in [4.69, 9.17) is 4.74 Å². The zero-order valence-corrected chi connectivity index (χ0v) is 14.5. The predicted octanol–water partition coefficient (Wildman–Crippen LogP) is 5.86. The number of ether oxygens (including phenoxy) is 1. The normalized spacial score (nSPS) is 16.9. The van der Waals surface area contributed by atoms with E-state index in [1.165, 1.54) is 30.6 Å². The van der Waals surface area contributed by atoms with Gasteiger partial charge in [0.2, 0.25) is 0 Å². The minimum atomic E-state index is 0.424. The quantitative estimate of drug-likeness (QED) is 0.715. The third-order valence-corrected chi connectivity index (χ3v) is 5.77. The van der Waals surface area contributed by atoms with E-state index >= 15 is 0 Å². The Morgan fingerprint density at radius 3 is 2.71 bits per heavy atom. The standard InChI is InChI=1S/C17H20BrNOS/c1-20-15-9-8-13(11-14(15)18)19-17(12-5-2-3-6-12)16-7-4-10-21-16/h4,7-12,17,19H,2-3,5-6H2,1H3. The molecule has 4 heteroatoms. The van der Waals surface area contributed by atoms with E-state index < -0.39 is 0 Å². The summed E-state index contributed by atoms with van der Waals surface area (Å²) in [6.07, 6.45) is 5.38. The second kappa shape index (κ2) is 6.84. The first kappa shape index (κ1) is 14.9. The molecular formula is C17H20BrNOS. The summed E-state index contributed by atoms with van der Waals surface area (Å²) in [5.74, 6) is 1.61. The van der Waals surface area contributed by atoms with Gasteiger partial charge in [0.25, 0.3) is 0 Å². The maximum Gasteiger partial charge on any atom is 0.133 e. The summed E-state index contributed by atoms with van der Waals surface area (Å²) >= 11 is 5.42. The second-order valence-electron chi connectivity index (χ2n) is 5.53. The Morgan fingerprint density at radius 2 is 2.10 bits per heavy atom. The van der Waals surface area contributed by atoms with Crippen molar-refractivity contribution < 1.29 is 4.74 Å². The largest absolute Gasteiger partial charge is 0.496 e. The van der Waals surface area contributed by atoms with E-state index in [1.54, 1.807) is 7.11 Å². The molecule has 0 bridgehead atoms. The van der Waals surface area contributed by atoms with Gasteiger partial charge in [-0.2, -0.15) is 0 Å². The van der Waals surface area contributed by atoms with Gasteiger partial charge in [-0.1, -0.05) is 18.9 Å². The zero-order chi connectivity index (χ0) is 14.7. The van der Waals surface area contributed by atoms with Crippen LogP contribution in [0.4, 0.5) is 5.69 Å². The van der Waals surface area contributed by atoms with E-state index in [2.05, 4.69) is 50.9 Å². The van der Waals surface area contributed by atoms with Gasteiger partial charge < -0.3 is 10.1 Å². The number of anilines is 1. The fourth-order valence-electron chi connectivity index (χ4n) is 3.12. The third-order valence-electron chi connectivity index (χ3n) is 4.19. The molecule has 3 rings (SSSR count). The predicted molar refractivity (Wildman–Crippen MR) is 93.3 cm³/mol. The van der Waals surface area contributed by atoms with E-state index in [9.17, 15) is 0 Å². The summed E-state index contributed by atoms with van der Waals surface area (Å²) < 4.78 is 6.30. The SMILES string of the molecule is COc1ccc(NC(c2cccs2)C2CCCC2)cc1Br. The maximum absolute atomic E-state index is 5.30. The fourth-order valence-corrected chi connectivity index (χ4v) is 4.53. The number of halogens is 1. The van der Waals surface area contributed by atoms with Crippen LogP contribution in [0.3, 0.4) is 0 Å². The van der Waals surface area contributed by atoms with Crippen LogP contribution in [0, 0.1) is 5.92 Å². The highest BCUT2D eigenvalue weighted by atomic mass is 79.9. The van der Waals surface area contributed by atoms with E-state index in [1.807, 2.05) is 17.4 Å². The molecule has 0 amide bonds. The first-order valence-electron chi connectivity index (χ1n) is 7.41. The number of methoxy groups -OCH3 is 1. The number of nitrogens with one attached hydrogen (secondary N) is 1. The van der Waals surface area contributed by atoms with Crippen LogP contribution in [0.5, 0.6) is 5.75 Å². The summed E-state index contributed by atoms with van der Waals surface area (Å²) in [6.45, 7) is 0. The van der Waals surface area contributed by atoms with Crippen molar-refractivity contribution in [2.45, 2.75) is 31.7 Å². The summed E-state index contributed by atoms with van der Waals surface area (Å²) in [7, 11) is 1.69. The van der Waals surface area contributed by atoms with Gasteiger partial charge in [0.15, 0.2) is 0 Å². The van der Waals surface area contributed by atoms with Gasteiger partial charge >= 0.3 is 0 Å². The lowest BCUT2D eigenvalue weighted by atomic mass is 9.96. The Kier molecular flexibility index (Phi) is 4.86. The molecular weight excluding hydrogens is 346 g/mol. The smallest absolute Gasteiger partial charge is 0.133 e. The Morgan fingerprint density at radius 1 is 1.29 bits per heavy atom. The van der Waals surface area contributed by atoms with Crippen LogP contribution in [0.1, 0.15) is 36.6 Å². The molecule has 1 aliphatic rings. The average molecular weight is 366 g/mol. The minimum Gasteiger partial charge on any atom is -0.496 e. The van der Waals surface area contributed by atoms with Crippen molar-refractivity contribution in [3.8, 4) is 5.75 Å². The molecule has 1 aliphatic carbocycles. The van der Waals surface area contributed by atoms with Gasteiger partial charge in [-0.05, 0) is 64.3 Å². The van der Waals surface area contributed by atoms with Crippen LogP contribution >= 0.6 is 27.3 Å². The molecule has 1 unspecified atom stereocenters. The van der Waals surface area contributed by atoms with Crippen LogP contribution in [-0.2, 0) is 0 Å². The van der Waals surface area contributed by atoms with E-state index in [-0.39, 0.29) is 0 Å². The molecule has 1 N–H and O–H groups in total. The molecule has 1 aromatic carbocycles. The summed E-state index contributed by atoms with van der Waals surface area (Å²) in [6, 6.07) is 11.0. The molecule has 2 aromatic rings. The first-order chi connectivity index (χ1) is 10.3. The zero-order valence-electron chi connectivity index (χ0n) is 12.1. The van der Waals surface area contributed by atoms with Crippen LogP contribution in [0.2, 0.25) is 0 Å². The van der Waals surface area contributed by atoms with Gasteiger partial charge in [0.1, 0.15) is 5.75 Å². The van der Waals surface area contributed by atoms with Crippen LogP contribution in [-0.4, -0.2) is 7.11 Å². The molecule has 0 spiro atoms. The number of hydrogen-bond donors (Lipinski definition) is 1. The highest BCUT2D eigenvalue weighted by molar-refractivity contribution is 9.10. The molecule has 1 saturated carbocycles. The Bertz CT molecular complexity index is 578. The lowest BCUT2D eigenvalue weighted by Gasteiger charge is -2.25. The average Bonchev–Trinajstić information content (AvgIpc) is 3.18. The molecule has 1 aromatic heterocycles. The monoisotopic (exact) mass is 365 g/mol. The number of benzene rings is 1. The molecule has 2 nitrogen and oxygen atoms in total. The van der Waals surface area contributed by atoms with Gasteiger partial charge in [-0.15, -0.1) is 11.3 Å². The van der Waals surface area contributed by atoms with E-state index in [0.29, 0.717) is 6.04 Å². The fraction of sp³-hybridized carbons (Fsp3) is 0.412. The maximum atomic E-state index is 5.30. The van der Waals surface area contributed by atoms with Crippen molar-refractivity contribution in [3.05, 3.63) is 45.1 Å². The number of hydrogen-bond acceptors (Lipinski definition) is 3. The molecule has 0 radical (unpaired) electrons. The lowest BCUT2D eigenvalue weighted by Crippen LogP contribution is -2.18. The summed E-state index contributed by atoms with van der Waals surface area (Å²) in [5.41, 5.74) is 1.15. The molecule has 1 atom stereocenters.